The molecule has 0 unspecified atom stereocenters. The molecular weight excluding hydrogens is 256 g/mol. The van der Waals surface area contributed by atoms with Gasteiger partial charge in [0.25, 0.3) is 11.9 Å². The van der Waals surface area contributed by atoms with Crippen molar-refractivity contribution in [3.05, 3.63) is 6.57 Å². The van der Waals surface area contributed by atoms with E-state index in [2.05, 4.69) is 0 Å². The second kappa shape index (κ2) is 29.9. The van der Waals surface area contributed by atoms with Crippen LogP contribution in [0.3, 0.4) is 0 Å². The standard InChI is InChI=1S/2C2H4O2.CN.K.H2Se/c2*1-2(3)4;1-2;;/h2*1H3,(H,3,4);;;1H2/q;;-1;+1;. The molecule has 12 heavy (non-hydrogen) atoms. The van der Waals surface area contributed by atoms with Crippen LogP contribution >= 0.6 is 0 Å². The molecule has 5 nitrogen and oxygen atoms in total. The van der Waals surface area contributed by atoms with Crippen molar-refractivity contribution in [3.8, 4) is 0 Å². The fraction of sp³-hybridized carbons (Fsp3) is 0.400. The molecular formula is C5H10KNO4Se. The molecule has 0 aliphatic carbocycles. The van der Waals surface area contributed by atoms with E-state index >= 15 is 0 Å². The van der Waals surface area contributed by atoms with Crippen LogP contribution in [0.4, 0.5) is 0 Å². The molecule has 0 amide bonds. The Labute approximate surface area is 124 Å². The molecule has 0 radical (unpaired) electrons. The molecule has 0 spiro atoms. The molecule has 0 heterocycles. The van der Waals surface area contributed by atoms with Crippen LogP contribution in [-0.4, -0.2) is 39.2 Å². The first-order chi connectivity index (χ1) is 4.46. The molecule has 0 aromatic rings. The molecule has 0 fully saturated rings. The van der Waals surface area contributed by atoms with E-state index < -0.39 is 11.9 Å². The summed E-state index contributed by atoms with van der Waals surface area (Å²) in [6.45, 7) is 6.92. The summed E-state index contributed by atoms with van der Waals surface area (Å²) < 4.78 is 0. The molecule has 0 aromatic heterocycles. The predicted molar refractivity (Wildman–Crippen MR) is 40.1 cm³/mol. The van der Waals surface area contributed by atoms with Crippen molar-refractivity contribution in [1.82, 2.24) is 0 Å². The minimum absolute atomic E-state index is 0. The summed E-state index contributed by atoms with van der Waals surface area (Å²) in [4.78, 5) is 18.0. The molecule has 0 saturated carbocycles. The summed E-state index contributed by atoms with van der Waals surface area (Å²) in [5, 5.41) is 21.1. The average Bonchev–Trinajstić information content (AvgIpc) is 1.66. The first kappa shape index (κ1) is 29.4. The molecule has 0 aliphatic rings. The maximum atomic E-state index is 9.00. The molecule has 0 bridgehead atoms. The number of hydrogen-bond donors (Lipinski definition) is 2. The van der Waals surface area contributed by atoms with Gasteiger partial charge < -0.3 is 22.0 Å². The first-order valence-corrected chi connectivity index (χ1v) is 2.08. The number of nitrogens with zero attached hydrogens (tertiary/aromatic N) is 1. The van der Waals surface area contributed by atoms with Gasteiger partial charge in [-0.25, -0.2) is 0 Å². The van der Waals surface area contributed by atoms with Crippen molar-refractivity contribution in [2.45, 2.75) is 13.8 Å². The van der Waals surface area contributed by atoms with Crippen LogP contribution in [0.25, 0.3) is 0 Å². The average molecular weight is 266 g/mol. The van der Waals surface area contributed by atoms with Crippen LogP contribution in [0.15, 0.2) is 0 Å². The van der Waals surface area contributed by atoms with Crippen molar-refractivity contribution in [2.24, 2.45) is 0 Å². The number of carboxylic acid groups (broad SMARTS) is 2. The zero-order chi connectivity index (χ0) is 9.15. The maximum absolute atomic E-state index is 9.00. The molecule has 66 valence electrons. The summed E-state index contributed by atoms with van der Waals surface area (Å²) >= 11 is 0. The topological polar surface area (TPSA) is 98.4 Å². The van der Waals surface area contributed by atoms with Gasteiger partial charge in [0.2, 0.25) is 0 Å². The van der Waals surface area contributed by atoms with E-state index in [1.165, 1.54) is 0 Å². The van der Waals surface area contributed by atoms with E-state index in [9.17, 15) is 0 Å². The molecule has 0 atom stereocenters. The number of carbonyl (C=O) groups is 2. The van der Waals surface area contributed by atoms with E-state index in [-0.39, 0.29) is 68.5 Å². The van der Waals surface area contributed by atoms with Crippen LogP contribution in [0, 0.1) is 11.8 Å². The van der Waals surface area contributed by atoms with E-state index in [0.29, 0.717) is 0 Å². The Bertz CT molecular complexity index is 108. The molecule has 0 aromatic carbocycles. The summed E-state index contributed by atoms with van der Waals surface area (Å²) in [5.74, 6) is -1.67. The van der Waals surface area contributed by atoms with Gasteiger partial charge in [0.15, 0.2) is 0 Å². The Balaban J connectivity index is -0.0000000198. The van der Waals surface area contributed by atoms with Crippen LogP contribution in [0.5, 0.6) is 0 Å². The Morgan fingerprint density at radius 1 is 1.08 bits per heavy atom. The van der Waals surface area contributed by atoms with Crippen molar-refractivity contribution >= 4 is 29.0 Å². The van der Waals surface area contributed by atoms with Gasteiger partial charge in [-0.3, -0.25) is 9.59 Å². The Kier molecular flexibility index (Phi) is 73.2. The van der Waals surface area contributed by atoms with Crippen molar-refractivity contribution in [2.75, 3.05) is 0 Å². The zero-order valence-electron chi connectivity index (χ0n) is 7.16. The number of hydrogen-bond acceptors (Lipinski definition) is 3. The number of aliphatic carboxylic acids is 2. The van der Waals surface area contributed by atoms with Gasteiger partial charge in [0.1, 0.15) is 0 Å². The van der Waals surface area contributed by atoms with Crippen molar-refractivity contribution in [3.63, 3.8) is 0 Å². The monoisotopic (exact) mass is 267 g/mol. The van der Waals surface area contributed by atoms with Crippen LogP contribution in [0.2, 0.25) is 0 Å². The van der Waals surface area contributed by atoms with Crippen LogP contribution < -0.4 is 51.4 Å². The molecule has 0 aliphatic heterocycles. The normalized spacial score (nSPS) is 4.33. The predicted octanol–water partition coefficient (Wildman–Crippen LogP) is -3.63. The summed E-state index contributed by atoms with van der Waals surface area (Å²) in [6, 6.07) is 0. The van der Waals surface area contributed by atoms with Crippen molar-refractivity contribution in [1.29, 1.82) is 5.26 Å². The summed E-state index contributed by atoms with van der Waals surface area (Å²) in [7, 11) is 0. The van der Waals surface area contributed by atoms with Gasteiger partial charge in [-0.1, -0.05) is 0 Å². The van der Waals surface area contributed by atoms with Gasteiger partial charge >= 0.3 is 68.5 Å². The van der Waals surface area contributed by atoms with E-state index in [1.54, 1.807) is 0 Å². The van der Waals surface area contributed by atoms with Gasteiger partial charge in [-0.2, -0.15) is 0 Å². The first-order valence-electron chi connectivity index (χ1n) is 2.08. The minimum atomic E-state index is -0.833. The zero-order valence-corrected chi connectivity index (χ0v) is 12.4. The quantitative estimate of drug-likeness (QED) is 0.348. The van der Waals surface area contributed by atoms with E-state index in [0.717, 1.165) is 13.8 Å². The SMILES string of the molecule is CC(=O)O.CC(=O)O.[C-]#N.[K+].[SeH2]. The van der Waals surface area contributed by atoms with E-state index in [4.69, 9.17) is 31.6 Å². The molecule has 7 heteroatoms. The summed E-state index contributed by atoms with van der Waals surface area (Å²) in [6.07, 6.45) is 0. The van der Waals surface area contributed by atoms with Crippen molar-refractivity contribution < 1.29 is 71.2 Å². The molecule has 0 saturated heterocycles. The third-order valence-corrected chi connectivity index (χ3v) is 0. The number of carboxylic acids is 2. The second-order valence-electron chi connectivity index (χ2n) is 1.04. The molecule has 2 N–H and O–H groups in total. The fourth-order valence-corrected chi connectivity index (χ4v) is 0. The Hall–Kier alpha value is 0.586. The molecule has 0 rings (SSSR count). The van der Waals surface area contributed by atoms with Crippen LogP contribution in [0.1, 0.15) is 13.8 Å². The van der Waals surface area contributed by atoms with Gasteiger partial charge in [0, 0.05) is 13.8 Å². The third-order valence-electron chi connectivity index (χ3n) is 0. The second-order valence-corrected chi connectivity index (χ2v) is 1.04. The van der Waals surface area contributed by atoms with E-state index in [1.807, 2.05) is 0 Å². The fourth-order valence-electron chi connectivity index (χ4n) is 0. The van der Waals surface area contributed by atoms with Crippen LogP contribution in [-0.2, 0) is 9.59 Å². The Morgan fingerprint density at radius 2 is 1.08 bits per heavy atom. The third kappa shape index (κ3) is 2830. The van der Waals surface area contributed by atoms with Gasteiger partial charge in [-0.05, 0) is 0 Å². The number of rotatable bonds is 0. The van der Waals surface area contributed by atoms with Gasteiger partial charge in [0.05, 0.1) is 0 Å². The Morgan fingerprint density at radius 3 is 1.08 bits per heavy atom. The summed E-state index contributed by atoms with van der Waals surface area (Å²) in [5.41, 5.74) is 0. The van der Waals surface area contributed by atoms with Gasteiger partial charge in [-0.15, -0.1) is 0 Å².